The number of rotatable bonds is 5. The molecule has 0 aliphatic heterocycles. The molecule has 0 spiro atoms. The number of hydrogen-bond donors (Lipinski definition) is 3. The summed E-state index contributed by atoms with van der Waals surface area (Å²) in [6.45, 7) is -0.587. The van der Waals surface area contributed by atoms with Crippen molar-refractivity contribution in [2.75, 3.05) is 18.4 Å². The minimum atomic E-state index is -1.15. The highest BCUT2D eigenvalue weighted by Crippen LogP contribution is 2.11. The molecule has 0 fully saturated rings. The third kappa shape index (κ3) is 4.34. The number of primary amides is 1. The number of nitrogens with two attached hydrogens (primary N) is 1. The normalized spacial score (nSPS) is 9.35. The van der Waals surface area contributed by atoms with Crippen LogP contribution in [0, 0.1) is 12.3 Å². The summed E-state index contributed by atoms with van der Waals surface area (Å²) in [5, 5.41) is 11.1. The average Bonchev–Trinajstić information content (AvgIpc) is 2.37. The van der Waals surface area contributed by atoms with Crippen molar-refractivity contribution in [2.45, 2.75) is 0 Å². The van der Waals surface area contributed by atoms with Gasteiger partial charge in [-0.1, -0.05) is 5.92 Å². The Morgan fingerprint density at radius 1 is 1.30 bits per heavy atom. The number of amides is 3. The van der Waals surface area contributed by atoms with Crippen LogP contribution in [0.2, 0.25) is 0 Å². The second-order valence-corrected chi connectivity index (χ2v) is 3.83. The van der Waals surface area contributed by atoms with Gasteiger partial charge in [0.25, 0.3) is 5.91 Å². The van der Waals surface area contributed by atoms with E-state index in [0.29, 0.717) is 5.69 Å². The van der Waals surface area contributed by atoms with Crippen LogP contribution in [-0.4, -0.2) is 41.0 Å². The number of benzene rings is 1. The third-order valence-electron chi connectivity index (χ3n) is 2.29. The average molecular weight is 275 g/mol. The van der Waals surface area contributed by atoms with Crippen LogP contribution in [0.25, 0.3) is 0 Å². The van der Waals surface area contributed by atoms with E-state index in [-0.39, 0.29) is 12.1 Å². The van der Waals surface area contributed by atoms with Crippen molar-refractivity contribution in [2.24, 2.45) is 5.73 Å². The van der Waals surface area contributed by atoms with Crippen LogP contribution >= 0.6 is 0 Å². The Hall–Kier alpha value is -3.01. The summed E-state index contributed by atoms with van der Waals surface area (Å²) in [6, 6.07) is 5.13. The Morgan fingerprint density at radius 3 is 2.35 bits per heavy atom. The van der Waals surface area contributed by atoms with E-state index in [1.807, 2.05) is 0 Å². The summed E-state index contributed by atoms with van der Waals surface area (Å²) < 4.78 is 0. The van der Waals surface area contributed by atoms with Gasteiger partial charge >= 0.3 is 12.0 Å². The van der Waals surface area contributed by atoms with Gasteiger partial charge in [-0.3, -0.25) is 9.59 Å². The Bertz CT molecular complexity index is 560. The number of urea groups is 1. The fourth-order valence-electron chi connectivity index (χ4n) is 1.49. The molecule has 7 nitrogen and oxygen atoms in total. The van der Waals surface area contributed by atoms with Gasteiger partial charge in [-0.2, -0.15) is 0 Å². The lowest BCUT2D eigenvalue weighted by atomic mass is 10.1. The molecule has 20 heavy (non-hydrogen) atoms. The van der Waals surface area contributed by atoms with Crippen molar-refractivity contribution < 1.29 is 19.5 Å². The molecule has 0 saturated carbocycles. The van der Waals surface area contributed by atoms with E-state index < -0.39 is 24.5 Å². The molecule has 104 valence electrons. The molecule has 1 aromatic carbocycles. The first-order valence-electron chi connectivity index (χ1n) is 5.55. The summed E-state index contributed by atoms with van der Waals surface area (Å²) in [5.41, 5.74) is 5.64. The number of hydrogen-bond acceptors (Lipinski definition) is 3. The van der Waals surface area contributed by atoms with Crippen molar-refractivity contribution in [3.8, 4) is 12.3 Å². The number of aliphatic carboxylic acids is 1. The topological polar surface area (TPSA) is 113 Å². The van der Waals surface area contributed by atoms with Crippen LogP contribution in [0.15, 0.2) is 24.3 Å². The van der Waals surface area contributed by atoms with Crippen molar-refractivity contribution in [1.29, 1.82) is 0 Å². The summed E-state index contributed by atoms with van der Waals surface area (Å²) in [6.07, 6.45) is 5.10. The minimum absolute atomic E-state index is 0.105. The zero-order valence-electron chi connectivity index (χ0n) is 10.5. The number of carboxylic acids is 1. The van der Waals surface area contributed by atoms with E-state index in [0.717, 1.165) is 4.90 Å². The number of carbonyl (C=O) groups is 3. The highest BCUT2D eigenvalue weighted by Gasteiger charge is 2.17. The predicted molar refractivity (Wildman–Crippen MR) is 72.0 cm³/mol. The standard InChI is InChI=1S/C13H13N3O4/c1-2-7-16(8-11(17)18)12(19)9-3-5-10(6-4-9)15-13(14)20/h1,3-6H,7-8H2,(H,17,18)(H3,14,15,20). The Balaban J connectivity index is 2.86. The minimum Gasteiger partial charge on any atom is -0.480 e. The number of terminal acetylenes is 1. The molecule has 0 atom stereocenters. The first-order valence-corrected chi connectivity index (χ1v) is 5.55. The first kappa shape index (κ1) is 15.0. The fraction of sp³-hybridized carbons (Fsp3) is 0.154. The van der Waals surface area contributed by atoms with Gasteiger partial charge in [0.1, 0.15) is 6.54 Å². The first-order chi connectivity index (χ1) is 9.43. The zero-order valence-corrected chi connectivity index (χ0v) is 10.5. The van der Waals surface area contributed by atoms with E-state index in [9.17, 15) is 14.4 Å². The molecule has 0 aromatic heterocycles. The number of anilines is 1. The SMILES string of the molecule is C#CCN(CC(=O)O)C(=O)c1ccc(NC(N)=O)cc1. The van der Waals surface area contributed by atoms with Gasteiger partial charge in [-0.15, -0.1) is 6.42 Å². The second-order valence-electron chi connectivity index (χ2n) is 3.83. The summed E-state index contributed by atoms with van der Waals surface area (Å²) in [7, 11) is 0. The van der Waals surface area contributed by atoms with E-state index in [1.165, 1.54) is 24.3 Å². The van der Waals surface area contributed by atoms with Crippen molar-refractivity contribution in [3.63, 3.8) is 0 Å². The third-order valence-corrected chi connectivity index (χ3v) is 2.29. The van der Waals surface area contributed by atoms with Crippen LogP contribution in [0.5, 0.6) is 0 Å². The van der Waals surface area contributed by atoms with Gasteiger partial charge in [-0.05, 0) is 24.3 Å². The van der Waals surface area contributed by atoms with E-state index in [4.69, 9.17) is 17.3 Å². The molecule has 0 aliphatic rings. The van der Waals surface area contributed by atoms with E-state index in [2.05, 4.69) is 11.2 Å². The van der Waals surface area contributed by atoms with Crippen LogP contribution in [0.4, 0.5) is 10.5 Å². The Morgan fingerprint density at radius 2 is 1.90 bits per heavy atom. The molecule has 0 bridgehead atoms. The maximum atomic E-state index is 12.1. The molecule has 0 radical (unpaired) electrons. The number of nitrogens with one attached hydrogen (secondary N) is 1. The summed E-state index contributed by atoms with van der Waals surface area (Å²) in [4.78, 5) is 34.4. The van der Waals surface area contributed by atoms with Gasteiger partial charge in [0.05, 0.1) is 6.54 Å². The maximum absolute atomic E-state index is 12.1. The quantitative estimate of drug-likeness (QED) is 0.672. The highest BCUT2D eigenvalue weighted by molar-refractivity contribution is 5.97. The van der Waals surface area contributed by atoms with Crippen molar-refractivity contribution in [3.05, 3.63) is 29.8 Å². The smallest absolute Gasteiger partial charge is 0.323 e. The van der Waals surface area contributed by atoms with Gasteiger partial charge in [0.15, 0.2) is 0 Å². The van der Waals surface area contributed by atoms with Crippen LogP contribution < -0.4 is 11.1 Å². The maximum Gasteiger partial charge on any atom is 0.323 e. The monoisotopic (exact) mass is 275 g/mol. The summed E-state index contributed by atoms with van der Waals surface area (Å²) in [5.74, 6) is 0.574. The second kappa shape index (κ2) is 6.80. The lowest BCUT2D eigenvalue weighted by Gasteiger charge is -2.18. The number of carboxylic acid groups (broad SMARTS) is 1. The summed E-state index contributed by atoms with van der Waals surface area (Å²) >= 11 is 0. The molecule has 0 saturated heterocycles. The molecule has 0 heterocycles. The molecule has 3 amide bonds. The van der Waals surface area contributed by atoms with E-state index in [1.54, 1.807) is 0 Å². The molecule has 0 unspecified atom stereocenters. The largest absolute Gasteiger partial charge is 0.480 e. The van der Waals surface area contributed by atoms with Gasteiger partial charge in [0, 0.05) is 11.3 Å². The zero-order chi connectivity index (χ0) is 15.1. The molecular weight excluding hydrogens is 262 g/mol. The predicted octanol–water partition coefficient (Wildman–Crippen LogP) is 0.337. The van der Waals surface area contributed by atoms with Gasteiger partial charge < -0.3 is 21.1 Å². The van der Waals surface area contributed by atoms with E-state index >= 15 is 0 Å². The molecule has 7 heteroatoms. The van der Waals surface area contributed by atoms with Crippen molar-refractivity contribution in [1.82, 2.24) is 4.90 Å². The van der Waals surface area contributed by atoms with Crippen molar-refractivity contribution >= 4 is 23.6 Å². The lowest BCUT2D eigenvalue weighted by molar-refractivity contribution is -0.137. The van der Waals surface area contributed by atoms with Gasteiger partial charge in [0.2, 0.25) is 0 Å². The molecule has 1 aromatic rings. The highest BCUT2D eigenvalue weighted by atomic mass is 16.4. The van der Waals surface area contributed by atoms with Crippen LogP contribution in [-0.2, 0) is 4.79 Å². The Labute approximate surface area is 115 Å². The molecule has 1 rings (SSSR count). The van der Waals surface area contributed by atoms with Gasteiger partial charge in [-0.25, -0.2) is 4.79 Å². The number of carbonyl (C=O) groups excluding carboxylic acids is 2. The molecular formula is C13H13N3O4. The number of nitrogens with zero attached hydrogens (tertiary/aromatic N) is 1. The fourth-order valence-corrected chi connectivity index (χ4v) is 1.49. The Kier molecular flexibility index (Phi) is 5.12. The lowest BCUT2D eigenvalue weighted by Crippen LogP contribution is -2.35. The van der Waals surface area contributed by atoms with Crippen LogP contribution in [0.3, 0.4) is 0 Å². The van der Waals surface area contributed by atoms with Crippen LogP contribution in [0.1, 0.15) is 10.4 Å². The molecule has 4 N–H and O–H groups in total. The molecule has 0 aliphatic carbocycles.